The molecule has 5 nitrogen and oxygen atoms in total. The van der Waals surface area contributed by atoms with Gasteiger partial charge in [0.05, 0.1) is 18.9 Å². The highest BCUT2D eigenvalue weighted by molar-refractivity contribution is 5.94. The number of anilines is 2. The molecule has 0 unspecified atom stereocenters. The Morgan fingerprint density at radius 3 is 2.31 bits per heavy atom. The zero-order valence-electron chi connectivity index (χ0n) is 16.3. The van der Waals surface area contributed by atoms with E-state index in [1.54, 1.807) is 29.2 Å². The minimum Gasteiger partial charge on any atom is -0.378 e. The molecule has 7 heteroatoms. The summed E-state index contributed by atoms with van der Waals surface area (Å²) in [4.78, 5) is 18.8. The molecular weight excluding hydrogens is 376 g/mol. The molecule has 0 N–H and O–H groups in total. The molecule has 2 aromatic carbocycles. The van der Waals surface area contributed by atoms with Gasteiger partial charge in [-0.3, -0.25) is 4.79 Å². The smallest absolute Gasteiger partial charge is 0.254 e. The monoisotopic (exact) mass is 401 g/mol. The van der Waals surface area contributed by atoms with Crippen LogP contribution >= 0.6 is 0 Å². The van der Waals surface area contributed by atoms with Gasteiger partial charge in [0.25, 0.3) is 5.91 Å². The van der Waals surface area contributed by atoms with Crippen LogP contribution in [0.25, 0.3) is 0 Å². The minimum absolute atomic E-state index is 0.154. The highest BCUT2D eigenvalue weighted by Crippen LogP contribution is 2.23. The number of hydrogen-bond donors (Lipinski definition) is 0. The Balaban J connectivity index is 1.42. The van der Waals surface area contributed by atoms with Crippen molar-refractivity contribution in [2.75, 3.05) is 62.3 Å². The number of halogens is 2. The predicted octanol–water partition coefficient (Wildman–Crippen LogP) is 3.15. The minimum atomic E-state index is -0.375. The standard InChI is InChI=1S/C22H25F2N3O2/c23-18-3-5-19(6-4-18)25-8-1-9-27(11-10-25)22(28)17-2-7-21(20(24)16-17)26-12-14-29-15-13-26/h2-7,16H,1,8-15H2. The molecule has 0 bridgehead atoms. The van der Waals surface area contributed by atoms with E-state index in [1.165, 1.54) is 18.2 Å². The molecule has 0 saturated carbocycles. The van der Waals surface area contributed by atoms with Gasteiger partial charge in [-0.05, 0) is 48.9 Å². The SMILES string of the molecule is O=C(c1ccc(N2CCOCC2)c(F)c1)N1CCCN(c2ccc(F)cc2)CC1. The number of carbonyl (C=O) groups excluding carboxylic acids is 1. The lowest BCUT2D eigenvalue weighted by Crippen LogP contribution is -2.37. The van der Waals surface area contributed by atoms with Crippen molar-refractivity contribution in [3.63, 3.8) is 0 Å². The largest absolute Gasteiger partial charge is 0.378 e. The first-order chi connectivity index (χ1) is 14.1. The van der Waals surface area contributed by atoms with Crippen molar-refractivity contribution >= 4 is 17.3 Å². The molecule has 2 aliphatic heterocycles. The summed E-state index contributed by atoms with van der Waals surface area (Å²) < 4.78 is 33.1. The second-order valence-electron chi connectivity index (χ2n) is 7.37. The van der Waals surface area contributed by atoms with E-state index in [4.69, 9.17) is 4.74 Å². The van der Waals surface area contributed by atoms with E-state index in [2.05, 4.69) is 4.90 Å². The summed E-state index contributed by atoms with van der Waals surface area (Å²) in [6, 6.07) is 11.1. The zero-order valence-corrected chi connectivity index (χ0v) is 16.3. The summed E-state index contributed by atoms with van der Waals surface area (Å²) in [5.74, 6) is -0.790. The van der Waals surface area contributed by atoms with Crippen LogP contribution in [0.4, 0.5) is 20.2 Å². The number of ether oxygens (including phenoxy) is 1. The Labute approximate surface area is 169 Å². The quantitative estimate of drug-likeness (QED) is 0.792. The number of hydrogen-bond acceptors (Lipinski definition) is 4. The first-order valence-corrected chi connectivity index (χ1v) is 10.0. The van der Waals surface area contributed by atoms with E-state index < -0.39 is 0 Å². The van der Waals surface area contributed by atoms with E-state index in [1.807, 2.05) is 4.90 Å². The van der Waals surface area contributed by atoms with Gasteiger partial charge in [-0.15, -0.1) is 0 Å². The van der Waals surface area contributed by atoms with E-state index in [9.17, 15) is 13.6 Å². The molecule has 2 aromatic rings. The molecule has 2 saturated heterocycles. The Morgan fingerprint density at radius 2 is 1.59 bits per heavy atom. The molecule has 2 fully saturated rings. The Morgan fingerprint density at radius 1 is 0.828 bits per heavy atom. The van der Waals surface area contributed by atoms with Crippen molar-refractivity contribution in [3.05, 3.63) is 59.7 Å². The molecule has 2 heterocycles. The van der Waals surface area contributed by atoms with Gasteiger partial charge < -0.3 is 19.4 Å². The van der Waals surface area contributed by atoms with Crippen molar-refractivity contribution in [2.24, 2.45) is 0 Å². The van der Waals surface area contributed by atoms with E-state index in [0.717, 1.165) is 18.7 Å². The van der Waals surface area contributed by atoms with Gasteiger partial charge in [0, 0.05) is 50.5 Å². The lowest BCUT2D eigenvalue weighted by molar-refractivity contribution is 0.0766. The number of rotatable bonds is 3. The maximum absolute atomic E-state index is 14.7. The van der Waals surface area contributed by atoms with Crippen LogP contribution < -0.4 is 9.80 Å². The van der Waals surface area contributed by atoms with Crippen LogP contribution in [-0.4, -0.2) is 63.3 Å². The molecule has 2 aliphatic rings. The lowest BCUT2D eigenvalue weighted by Gasteiger charge is -2.29. The third kappa shape index (κ3) is 4.50. The molecule has 4 rings (SSSR count). The van der Waals surface area contributed by atoms with Crippen LogP contribution in [0, 0.1) is 11.6 Å². The highest BCUT2D eigenvalue weighted by atomic mass is 19.1. The molecular formula is C22H25F2N3O2. The molecule has 1 amide bonds. The Hall–Kier alpha value is -2.67. The van der Waals surface area contributed by atoms with Crippen LogP contribution in [-0.2, 0) is 4.74 Å². The molecule has 0 aliphatic carbocycles. The number of benzene rings is 2. The maximum Gasteiger partial charge on any atom is 0.254 e. The first-order valence-electron chi connectivity index (χ1n) is 10.0. The number of amides is 1. The highest BCUT2D eigenvalue weighted by Gasteiger charge is 2.22. The van der Waals surface area contributed by atoms with Crippen molar-refractivity contribution in [1.82, 2.24) is 4.90 Å². The van der Waals surface area contributed by atoms with Crippen LogP contribution in [0.5, 0.6) is 0 Å². The Kier molecular flexibility index (Phi) is 5.94. The van der Waals surface area contributed by atoms with Crippen molar-refractivity contribution in [3.8, 4) is 0 Å². The van der Waals surface area contributed by atoms with Gasteiger partial charge in [0.2, 0.25) is 0 Å². The van der Waals surface area contributed by atoms with Gasteiger partial charge in [-0.25, -0.2) is 8.78 Å². The van der Waals surface area contributed by atoms with Gasteiger partial charge in [-0.2, -0.15) is 0 Å². The lowest BCUT2D eigenvalue weighted by atomic mass is 10.1. The Bertz CT molecular complexity index is 854. The van der Waals surface area contributed by atoms with Crippen molar-refractivity contribution in [1.29, 1.82) is 0 Å². The van der Waals surface area contributed by atoms with Crippen LogP contribution in [0.3, 0.4) is 0 Å². The van der Waals surface area contributed by atoms with E-state index in [0.29, 0.717) is 57.2 Å². The zero-order chi connectivity index (χ0) is 20.2. The summed E-state index contributed by atoms with van der Waals surface area (Å²) in [6.07, 6.45) is 0.803. The fourth-order valence-electron chi connectivity index (χ4n) is 3.91. The van der Waals surface area contributed by atoms with Gasteiger partial charge in [0.1, 0.15) is 11.6 Å². The normalized spacial score (nSPS) is 17.9. The molecule has 0 spiro atoms. The second kappa shape index (κ2) is 8.78. The summed E-state index contributed by atoms with van der Waals surface area (Å²) in [5, 5.41) is 0. The fraction of sp³-hybridized carbons (Fsp3) is 0.409. The van der Waals surface area contributed by atoms with Crippen molar-refractivity contribution < 1.29 is 18.3 Å². The molecule has 29 heavy (non-hydrogen) atoms. The first kappa shape index (κ1) is 19.6. The molecule has 0 aromatic heterocycles. The van der Waals surface area contributed by atoms with Crippen LogP contribution in [0.1, 0.15) is 16.8 Å². The summed E-state index contributed by atoms with van der Waals surface area (Å²) in [5.41, 5.74) is 1.83. The van der Waals surface area contributed by atoms with Gasteiger partial charge in [-0.1, -0.05) is 0 Å². The van der Waals surface area contributed by atoms with E-state index >= 15 is 0 Å². The summed E-state index contributed by atoms with van der Waals surface area (Å²) >= 11 is 0. The van der Waals surface area contributed by atoms with Gasteiger partial charge >= 0.3 is 0 Å². The fourth-order valence-corrected chi connectivity index (χ4v) is 3.91. The number of nitrogens with zero attached hydrogens (tertiary/aromatic N) is 3. The molecule has 0 radical (unpaired) electrons. The third-order valence-corrected chi connectivity index (χ3v) is 5.52. The summed E-state index contributed by atoms with van der Waals surface area (Å²) in [7, 11) is 0. The molecule has 154 valence electrons. The third-order valence-electron chi connectivity index (χ3n) is 5.52. The van der Waals surface area contributed by atoms with Crippen LogP contribution in [0.2, 0.25) is 0 Å². The second-order valence-corrected chi connectivity index (χ2v) is 7.37. The van der Waals surface area contributed by atoms with E-state index in [-0.39, 0.29) is 17.5 Å². The average Bonchev–Trinajstić information content (AvgIpc) is 3.01. The maximum atomic E-state index is 14.7. The van der Waals surface area contributed by atoms with Crippen LogP contribution in [0.15, 0.2) is 42.5 Å². The average molecular weight is 401 g/mol. The van der Waals surface area contributed by atoms with Gasteiger partial charge in [0.15, 0.2) is 0 Å². The number of morpholine rings is 1. The number of carbonyl (C=O) groups is 1. The topological polar surface area (TPSA) is 36.0 Å². The van der Waals surface area contributed by atoms with Crippen molar-refractivity contribution in [2.45, 2.75) is 6.42 Å². The predicted molar refractivity (Wildman–Crippen MR) is 109 cm³/mol. The summed E-state index contributed by atoms with van der Waals surface area (Å²) in [6.45, 7) is 5.07. The molecule has 0 atom stereocenters.